The minimum atomic E-state index is 0.0118. The number of ketones is 1. The highest BCUT2D eigenvalue weighted by atomic mass is 35.5. The second kappa shape index (κ2) is 5.09. The van der Waals surface area contributed by atoms with Crippen LogP contribution in [0.15, 0.2) is 30.3 Å². The summed E-state index contributed by atoms with van der Waals surface area (Å²) in [6, 6.07) is 9.10. The lowest BCUT2D eigenvalue weighted by Gasteiger charge is -2.09. The quantitative estimate of drug-likeness (QED) is 0.596. The number of aryl methyl sites for hydroxylation is 1. The lowest BCUT2D eigenvalue weighted by molar-refractivity contribution is 0.101. The summed E-state index contributed by atoms with van der Waals surface area (Å²) in [5, 5.41) is 0.625. The number of hydrogen-bond acceptors (Lipinski definition) is 2. The fourth-order valence-corrected chi connectivity index (χ4v) is 2.28. The van der Waals surface area contributed by atoms with E-state index in [0.29, 0.717) is 15.9 Å². The van der Waals surface area contributed by atoms with Gasteiger partial charge >= 0.3 is 0 Å². The number of Topliss-reactive ketones (excluding diaryl/α,β-unsaturated/α-hetero) is 1. The summed E-state index contributed by atoms with van der Waals surface area (Å²) >= 11 is 11.8. The first kappa shape index (κ1) is 13.1. The fourth-order valence-electron chi connectivity index (χ4n) is 1.82. The van der Waals surface area contributed by atoms with Crippen LogP contribution in [0.1, 0.15) is 22.8 Å². The number of nitrogens with zero attached hydrogens (tertiary/aromatic N) is 1. The second-order valence-corrected chi connectivity index (χ2v) is 4.88. The molecule has 0 unspecified atom stereocenters. The third kappa shape index (κ3) is 2.71. The zero-order chi connectivity index (χ0) is 13.3. The Morgan fingerprint density at radius 2 is 1.72 bits per heavy atom. The Morgan fingerprint density at radius 1 is 1.11 bits per heavy atom. The molecule has 0 bridgehead atoms. The molecule has 18 heavy (non-hydrogen) atoms. The van der Waals surface area contributed by atoms with E-state index in [0.717, 1.165) is 16.7 Å². The van der Waals surface area contributed by atoms with Gasteiger partial charge in [-0.1, -0.05) is 40.9 Å². The van der Waals surface area contributed by atoms with E-state index in [4.69, 9.17) is 23.2 Å². The van der Waals surface area contributed by atoms with Gasteiger partial charge in [-0.05, 0) is 43.2 Å². The Bertz CT molecular complexity index is 603. The Hall–Kier alpha value is -1.38. The minimum Gasteiger partial charge on any atom is -0.294 e. The van der Waals surface area contributed by atoms with Crippen molar-refractivity contribution in [3.8, 4) is 11.1 Å². The molecule has 0 aliphatic carbocycles. The van der Waals surface area contributed by atoms with Gasteiger partial charge < -0.3 is 0 Å². The van der Waals surface area contributed by atoms with Gasteiger partial charge in [0, 0.05) is 5.56 Å². The minimum absolute atomic E-state index is 0.0118. The molecule has 2 rings (SSSR count). The molecule has 92 valence electrons. The van der Waals surface area contributed by atoms with Crippen LogP contribution in [-0.4, -0.2) is 10.8 Å². The van der Waals surface area contributed by atoms with Gasteiger partial charge in [0.1, 0.15) is 10.3 Å². The maximum Gasteiger partial charge on any atom is 0.160 e. The van der Waals surface area contributed by atoms with Crippen molar-refractivity contribution in [3.63, 3.8) is 0 Å². The standard InChI is InChI=1S/C14H11Cl2NO/c1-8-3-4-11(12(5-8)9(2)18)10-6-13(15)17-14(16)7-10/h3-7H,1-2H3. The zero-order valence-corrected chi connectivity index (χ0v) is 11.5. The van der Waals surface area contributed by atoms with Gasteiger partial charge in [0.2, 0.25) is 0 Å². The topological polar surface area (TPSA) is 30.0 Å². The van der Waals surface area contributed by atoms with Gasteiger partial charge in [-0.3, -0.25) is 4.79 Å². The third-order valence-electron chi connectivity index (χ3n) is 2.63. The molecule has 0 saturated heterocycles. The predicted octanol–water partition coefficient (Wildman–Crippen LogP) is 4.57. The summed E-state index contributed by atoms with van der Waals surface area (Å²) in [5.74, 6) is 0.0118. The molecule has 1 heterocycles. The van der Waals surface area contributed by atoms with Crippen LogP contribution >= 0.6 is 23.2 Å². The first-order chi connectivity index (χ1) is 8.47. The molecule has 0 aliphatic heterocycles. The van der Waals surface area contributed by atoms with Crippen LogP contribution in [-0.2, 0) is 0 Å². The molecule has 0 amide bonds. The van der Waals surface area contributed by atoms with Crippen molar-refractivity contribution in [2.45, 2.75) is 13.8 Å². The maximum atomic E-state index is 11.7. The molecule has 2 aromatic rings. The van der Waals surface area contributed by atoms with Crippen LogP contribution in [0.2, 0.25) is 10.3 Å². The lowest BCUT2D eigenvalue weighted by atomic mass is 9.96. The highest BCUT2D eigenvalue weighted by Gasteiger charge is 2.11. The first-order valence-corrected chi connectivity index (χ1v) is 6.18. The largest absolute Gasteiger partial charge is 0.294 e. The Kier molecular flexibility index (Phi) is 3.69. The van der Waals surface area contributed by atoms with Gasteiger partial charge in [-0.15, -0.1) is 0 Å². The number of aromatic nitrogens is 1. The molecule has 1 aromatic carbocycles. The maximum absolute atomic E-state index is 11.7. The van der Waals surface area contributed by atoms with E-state index >= 15 is 0 Å². The van der Waals surface area contributed by atoms with Crippen LogP contribution in [0.25, 0.3) is 11.1 Å². The Morgan fingerprint density at radius 3 is 2.28 bits per heavy atom. The van der Waals surface area contributed by atoms with Gasteiger partial charge in [0.25, 0.3) is 0 Å². The highest BCUT2D eigenvalue weighted by Crippen LogP contribution is 2.28. The zero-order valence-electron chi connectivity index (χ0n) is 10.00. The Labute approximate surface area is 116 Å². The van der Waals surface area contributed by atoms with Crippen LogP contribution in [0.4, 0.5) is 0 Å². The van der Waals surface area contributed by atoms with Crippen molar-refractivity contribution in [3.05, 3.63) is 51.8 Å². The lowest BCUT2D eigenvalue weighted by Crippen LogP contribution is -1.97. The SMILES string of the molecule is CC(=O)c1cc(C)ccc1-c1cc(Cl)nc(Cl)c1. The molecule has 0 fully saturated rings. The molecule has 0 atom stereocenters. The monoisotopic (exact) mass is 279 g/mol. The number of carbonyl (C=O) groups is 1. The molecular formula is C14H11Cl2NO. The van der Waals surface area contributed by atoms with Gasteiger partial charge in [-0.25, -0.2) is 4.98 Å². The summed E-state index contributed by atoms with van der Waals surface area (Å²) in [5.41, 5.74) is 3.31. The molecule has 0 spiro atoms. The predicted molar refractivity (Wildman–Crippen MR) is 74.4 cm³/mol. The van der Waals surface area contributed by atoms with E-state index < -0.39 is 0 Å². The number of hydrogen-bond donors (Lipinski definition) is 0. The molecule has 0 aliphatic rings. The van der Waals surface area contributed by atoms with Crippen molar-refractivity contribution in [2.75, 3.05) is 0 Å². The van der Waals surface area contributed by atoms with E-state index in [1.165, 1.54) is 0 Å². The van der Waals surface area contributed by atoms with Crippen LogP contribution in [0.5, 0.6) is 0 Å². The van der Waals surface area contributed by atoms with E-state index in [-0.39, 0.29) is 5.78 Å². The summed E-state index contributed by atoms with van der Waals surface area (Å²) in [6.07, 6.45) is 0. The van der Waals surface area contributed by atoms with Gasteiger partial charge in [-0.2, -0.15) is 0 Å². The number of benzene rings is 1. The summed E-state index contributed by atoms with van der Waals surface area (Å²) in [4.78, 5) is 15.6. The fraction of sp³-hybridized carbons (Fsp3) is 0.143. The van der Waals surface area contributed by atoms with Crippen LogP contribution < -0.4 is 0 Å². The first-order valence-electron chi connectivity index (χ1n) is 5.42. The van der Waals surface area contributed by atoms with Crippen LogP contribution in [0, 0.1) is 6.92 Å². The molecule has 0 saturated carbocycles. The van der Waals surface area contributed by atoms with E-state index in [1.807, 2.05) is 25.1 Å². The van der Waals surface area contributed by atoms with Crippen LogP contribution in [0.3, 0.4) is 0 Å². The van der Waals surface area contributed by atoms with Gasteiger partial charge in [0.05, 0.1) is 0 Å². The summed E-state index contributed by atoms with van der Waals surface area (Å²) in [7, 11) is 0. The summed E-state index contributed by atoms with van der Waals surface area (Å²) in [6.45, 7) is 3.49. The Balaban J connectivity index is 2.66. The molecule has 2 nitrogen and oxygen atoms in total. The average Bonchev–Trinajstić information content (AvgIpc) is 2.27. The molecule has 0 radical (unpaired) electrons. The molecule has 0 N–H and O–H groups in total. The normalized spacial score (nSPS) is 10.4. The molecular weight excluding hydrogens is 269 g/mol. The van der Waals surface area contributed by atoms with Gasteiger partial charge in [0.15, 0.2) is 5.78 Å². The van der Waals surface area contributed by atoms with Crippen molar-refractivity contribution in [1.29, 1.82) is 0 Å². The van der Waals surface area contributed by atoms with E-state index in [9.17, 15) is 4.79 Å². The highest BCUT2D eigenvalue weighted by molar-refractivity contribution is 6.32. The van der Waals surface area contributed by atoms with Crippen molar-refractivity contribution >= 4 is 29.0 Å². The summed E-state index contributed by atoms with van der Waals surface area (Å²) < 4.78 is 0. The van der Waals surface area contributed by atoms with Crippen molar-refractivity contribution in [2.24, 2.45) is 0 Å². The van der Waals surface area contributed by atoms with E-state index in [1.54, 1.807) is 19.1 Å². The average molecular weight is 280 g/mol. The number of rotatable bonds is 2. The van der Waals surface area contributed by atoms with Crippen molar-refractivity contribution < 1.29 is 4.79 Å². The molecule has 4 heteroatoms. The number of pyridine rings is 1. The van der Waals surface area contributed by atoms with E-state index in [2.05, 4.69) is 4.98 Å². The smallest absolute Gasteiger partial charge is 0.160 e. The number of halogens is 2. The number of carbonyl (C=O) groups excluding carboxylic acids is 1. The van der Waals surface area contributed by atoms with Crippen molar-refractivity contribution in [1.82, 2.24) is 4.98 Å². The second-order valence-electron chi connectivity index (χ2n) is 4.11. The molecule has 1 aromatic heterocycles. The third-order valence-corrected chi connectivity index (χ3v) is 3.02.